The molecule has 8 heteroatoms. The van der Waals surface area contributed by atoms with Gasteiger partial charge in [-0.3, -0.25) is 5.32 Å². The van der Waals surface area contributed by atoms with Gasteiger partial charge >= 0.3 is 12.1 Å². The monoisotopic (exact) mass is 287 g/mol. The Morgan fingerprint density at radius 2 is 2.00 bits per heavy atom. The van der Waals surface area contributed by atoms with E-state index in [2.05, 4.69) is 20.0 Å². The summed E-state index contributed by atoms with van der Waals surface area (Å²) in [5, 5.41) is 2.38. The number of nitrogens with zero attached hydrogens (tertiary/aromatic N) is 2. The fraction of sp³-hybridized carbons (Fsp3) is 0.455. The van der Waals surface area contributed by atoms with Gasteiger partial charge in [-0.05, 0) is 20.8 Å². The molecule has 1 N–H and O–H groups in total. The van der Waals surface area contributed by atoms with E-state index in [-0.39, 0.29) is 17.6 Å². The fourth-order valence-electron chi connectivity index (χ4n) is 1.03. The third kappa shape index (κ3) is 5.52. The number of nitrogens with one attached hydrogen (secondary N) is 1. The van der Waals surface area contributed by atoms with Crippen LogP contribution in [0, 0.1) is 0 Å². The molecule has 0 aromatic carbocycles. The Labute approximate surface area is 115 Å². The van der Waals surface area contributed by atoms with E-state index < -0.39 is 17.7 Å². The van der Waals surface area contributed by atoms with Crippen LogP contribution >= 0.6 is 11.6 Å². The summed E-state index contributed by atoms with van der Waals surface area (Å²) >= 11 is 5.24. The maximum absolute atomic E-state index is 11.4. The van der Waals surface area contributed by atoms with Crippen LogP contribution in [0.4, 0.5) is 10.6 Å². The van der Waals surface area contributed by atoms with Crippen LogP contribution in [-0.2, 0) is 9.47 Å². The zero-order chi connectivity index (χ0) is 14.5. The Balaban J connectivity index is 2.62. The normalized spacial score (nSPS) is 10.7. The first-order valence-corrected chi connectivity index (χ1v) is 5.90. The first-order valence-electron chi connectivity index (χ1n) is 5.37. The molecule has 0 unspecified atom stereocenters. The second-order valence-corrected chi connectivity index (χ2v) is 4.67. The average molecular weight is 288 g/mol. The van der Waals surface area contributed by atoms with Crippen molar-refractivity contribution >= 4 is 29.5 Å². The lowest BCUT2D eigenvalue weighted by molar-refractivity contribution is 0.0566. The van der Waals surface area contributed by atoms with Gasteiger partial charge in [0.15, 0.2) is 17.6 Å². The molecule has 0 bridgehead atoms. The van der Waals surface area contributed by atoms with Crippen LogP contribution in [0.1, 0.15) is 31.3 Å². The lowest BCUT2D eigenvalue weighted by Gasteiger charge is -2.19. The number of ether oxygens (including phenoxy) is 2. The van der Waals surface area contributed by atoms with Gasteiger partial charge in [0, 0.05) is 0 Å². The summed E-state index contributed by atoms with van der Waals surface area (Å²) in [5.74, 6) is -0.525. The van der Waals surface area contributed by atoms with Crippen LogP contribution in [0.2, 0.25) is 0 Å². The molecule has 0 saturated heterocycles. The van der Waals surface area contributed by atoms with Crippen molar-refractivity contribution in [3.05, 3.63) is 18.1 Å². The molecule has 0 aliphatic rings. The zero-order valence-corrected chi connectivity index (χ0v) is 11.5. The largest absolute Gasteiger partial charge is 0.445 e. The molecule has 1 aromatic rings. The molecule has 1 amide bonds. The van der Waals surface area contributed by atoms with Crippen molar-refractivity contribution < 1.29 is 19.1 Å². The molecule has 0 spiro atoms. The van der Waals surface area contributed by atoms with Crippen LogP contribution in [0.5, 0.6) is 0 Å². The summed E-state index contributed by atoms with van der Waals surface area (Å²) in [6.07, 6.45) is 1.73. The summed E-state index contributed by atoms with van der Waals surface area (Å²) in [6.45, 7) is 5.22. The molecule has 0 atom stereocenters. The van der Waals surface area contributed by atoms with E-state index in [1.165, 1.54) is 12.4 Å². The lowest BCUT2D eigenvalue weighted by Crippen LogP contribution is -2.27. The van der Waals surface area contributed by atoms with E-state index in [4.69, 9.17) is 16.3 Å². The summed E-state index contributed by atoms with van der Waals surface area (Å²) in [6, 6.07) is -0.265. The molecule has 104 valence electrons. The van der Waals surface area contributed by atoms with Crippen molar-refractivity contribution in [2.45, 2.75) is 26.4 Å². The molecule has 0 saturated carbocycles. The number of anilines is 1. The molecule has 19 heavy (non-hydrogen) atoms. The van der Waals surface area contributed by atoms with Crippen LogP contribution in [0.3, 0.4) is 0 Å². The zero-order valence-electron chi connectivity index (χ0n) is 10.8. The third-order valence-corrected chi connectivity index (χ3v) is 1.78. The minimum absolute atomic E-state index is 0.00427. The first kappa shape index (κ1) is 15.2. The molecule has 0 fully saturated rings. The number of alkyl halides is 1. The second-order valence-electron chi connectivity index (χ2n) is 4.45. The van der Waals surface area contributed by atoms with Crippen molar-refractivity contribution in [3.63, 3.8) is 0 Å². The molecule has 1 rings (SSSR count). The number of esters is 1. The lowest BCUT2D eigenvalue weighted by atomic mass is 10.2. The molecular formula is C11H14ClN3O4. The van der Waals surface area contributed by atoms with Crippen molar-refractivity contribution in [1.29, 1.82) is 0 Å². The predicted molar refractivity (Wildman–Crippen MR) is 68.0 cm³/mol. The fourth-order valence-corrected chi connectivity index (χ4v) is 1.13. The highest BCUT2D eigenvalue weighted by molar-refractivity contribution is 6.17. The summed E-state index contributed by atoms with van der Waals surface area (Å²) in [7, 11) is 0. The Kier molecular flexibility index (Phi) is 5.05. The Hall–Kier alpha value is -1.89. The topological polar surface area (TPSA) is 90.4 Å². The molecular weight excluding hydrogens is 274 g/mol. The van der Waals surface area contributed by atoms with Gasteiger partial charge in [-0.15, -0.1) is 0 Å². The van der Waals surface area contributed by atoms with E-state index in [1.54, 1.807) is 20.8 Å². The SMILES string of the molecule is CC(C)(C)OC(=O)Nc1cnc(C(=O)OCCl)cn1. The van der Waals surface area contributed by atoms with Gasteiger partial charge in [0.1, 0.15) is 5.60 Å². The second kappa shape index (κ2) is 6.33. The third-order valence-electron chi connectivity index (χ3n) is 1.68. The van der Waals surface area contributed by atoms with Gasteiger partial charge in [0.2, 0.25) is 0 Å². The average Bonchev–Trinajstić information content (AvgIpc) is 2.27. The highest BCUT2D eigenvalue weighted by atomic mass is 35.5. The van der Waals surface area contributed by atoms with Crippen LogP contribution in [0.15, 0.2) is 12.4 Å². The number of aromatic nitrogens is 2. The molecule has 0 aliphatic heterocycles. The maximum atomic E-state index is 11.4. The van der Waals surface area contributed by atoms with Gasteiger partial charge in [-0.25, -0.2) is 19.6 Å². The van der Waals surface area contributed by atoms with Gasteiger partial charge in [-0.1, -0.05) is 11.6 Å². The number of halogens is 1. The van der Waals surface area contributed by atoms with Crippen LogP contribution in [0.25, 0.3) is 0 Å². The predicted octanol–water partition coefficient (Wildman–Crippen LogP) is 2.18. The number of carbonyl (C=O) groups excluding carboxylic acids is 2. The van der Waals surface area contributed by atoms with Crippen molar-refractivity contribution in [2.75, 3.05) is 11.4 Å². The minimum atomic E-state index is -0.689. The van der Waals surface area contributed by atoms with E-state index in [0.29, 0.717) is 0 Å². The van der Waals surface area contributed by atoms with Gasteiger partial charge < -0.3 is 9.47 Å². The number of hydrogen-bond acceptors (Lipinski definition) is 6. The first-order chi connectivity index (χ1) is 8.81. The number of carbonyl (C=O) groups is 2. The molecule has 7 nitrogen and oxygen atoms in total. The molecule has 0 radical (unpaired) electrons. The quantitative estimate of drug-likeness (QED) is 0.677. The maximum Gasteiger partial charge on any atom is 0.413 e. The Morgan fingerprint density at radius 1 is 1.32 bits per heavy atom. The van der Waals surface area contributed by atoms with Gasteiger partial charge in [0.05, 0.1) is 12.4 Å². The van der Waals surface area contributed by atoms with Crippen molar-refractivity contribution in [2.24, 2.45) is 0 Å². The Morgan fingerprint density at radius 3 is 2.47 bits per heavy atom. The molecule has 0 aliphatic carbocycles. The van der Waals surface area contributed by atoms with E-state index in [0.717, 1.165) is 0 Å². The van der Waals surface area contributed by atoms with Crippen molar-refractivity contribution in [1.82, 2.24) is 9.97 Å². The molecule has 1 aromatic heterocycles. The van der Waals surface area contributed by atoms with E-state index >= 15 is 0 Å². The van der Waals surface area contributed by atoms with Crippen LogP contribution < -0.4 is 5.32 Å². The van der Waals surface area contributed by atoms with Gasteiger partial charge in [-0.2, -0.15) is 0 Å². The highest BCUT2D eigenvalue weighted by Gasteiger charge is 2.17. The summed E-state index contributed by atoms with van der Waals surface area (Å²) < 4.78 is 9.56. The minimum Gasteiger partial charge on any atom is -0.445 e. The summed E-state index contributed by atoms with van der Waals surface area (Å²) in [4.78, 5) is 30.3. The van der Waals surface area contributed by atoms with E-state index in [9.17, 15) is 9.59 Å². The smallest absolute Gasteiger partial charge is 0.413 e. The number of rotatable bonds is 3. The van der Waals surface area contributed by atoms with Gasteiger partial charge in [0.25, 0.3) is 0 Å². The highest BCUT2D eigenvalue weighted by Crippen LogP contribution is 2.09. The van der Waals surface area contributed by atoms with Crippen LogP contribution in [-0.4, -0.2) is 33.7 Å². The number of hydrogen-bond donors (Lipinski definition) is 1. The Bertz CT molecular complexity index is 456. The standard InChI is InChI=1S/C11H14ClN3O4/c1-11(2,3)19-10(17)15-8-5-13-7(4-14-8)9(16)18-6-12/h4-5H,6H2,1-3H3,(H,14,15,17). The molecule has 1 heterocycles. The van der Waals surface area contributed by atoms with Crippen molar-refractivity contribution in [3.8, 4) is 0 Å². The van der Waals surface area contributed by atoms with E-state index in [1.807, 2.05) is 0 Å². The number of amides is 1. The summed E-state index contributed by atoms with van der Waals surface area (Å²) in [5.41, 5.74) is -0.614.